The predicted molar refractivity (Wildman–Crippen MR) is 172 cm³/mol. The fourth-order valence-corrected chi connectivity index (χ4v) is 5.37. The zero-order valence-electron chi connectivity index (χ0n) is 23.1. The molecule has 2 aromatic heterocycles. The molecule has 2 heterocycles. The van der Waals surface area contributed by atoms with Crippen molar-refractivity contribution in [1.82, 2.24) is 9.66 Å². The van der Waals surface area contributed by atoms with Crippen molar-refractivity contribution in [3.8, 4) is 23.1 Å². The summed E-state index contributed by atoms with van der Waals surface area (Å²) in [5.74, 6) is 1.41. The standard InChI is InChI=1S/C32H22BrClN4O6/c1-2-42-28-14-20(13-25(33)30(28)43-18-19-6-5-7-23(12-19)38(40)41)17-35-37-31(36-26-9-4-3-8-24(26)32(37)39)29-16-21-15-22(34)10-11-27(21)44-29/h3-17H,2,18H2,1H3. The molecule has 0 spiro atoms. The number of ether oxygens (including phenoxy) is 2. The molecular weight excluding hydrogens is 652 g/mol. The highest BCUT2D eigenvalue weighted by atomic mass is 79.9. The Balaban J connectivity index is 1.38. The Kier molecular flexibility index (Phi) is 8.14. The van der Waals surface area contributed by atoms with Crippen LogP contribution in [0.3, 0.4) is 0 Å². The van der Waals surface area contributed by atoms with Crippen molar-refractivity contribution in [3.05, 3.63) is 126 Å². The number of aromatic nitrogens is 2. The van der Waals surface area contributed by atoms with Crippen LogP contribution in [0.4, 0.5) is 5.69 Å². The summed E-state index contributed by atoms with van der Waals surface area (Å²) in [7, 11) is 0. The second-order valence-electron chi connectivity index (χ2n) is 9.59. The predicted octanol–water partition coefficient (Wildman–Crippen LogP) is 7.99. The lowest BCUT2D eigenvalue weighted by atomic mass is 10.2. The van der Waals surface area contributed by atoms with Crippen molar-refractivity contribution >= 4 is 61.3 Å². The van der Waals surface area contributed by atoms with Crippen LogP contribution in [0.25, 0.3) is 33.5 Å². The van der Waals surface area contributed by atoms with E-state index in [0.717, 1.165) is 5.39 Å². The highest BCUT2D eigenvalue weighted by Gasteiger charge is 2.18. The summed E-state index contributed by atoms with van der Waals surface area (Å²) < 4.78 is 19.7. The van der Waals surface area contributed by atoms with Gasteiger partial charge in [-0.25, -0.2) is 4.98 Å². The van der Waals surface area contributed by atoms with Gasteiger partial charge in [0.1, 0.15) is 12.2 Å². The quantitative estimate of drug-likeness (QED) is 0.0866. The molecule has 220 valence electrons. The van der Waals surface area contributed by atoms with Crippen LogP contribution in [0.1, 0.15) is 18.1 Å². The fourth-order valence-electron chi connectivity index (χ4n) is 4.62. The number of halogens is 2. The maximum atomic E-state index is 13.6. The summed E-state index contributed by atoms with van der Waals surface area (Å²) in [4.78, 5) is 29.1. The van der Waals surface area contributed by atoms with E-state index in [2.05, 4.69) is 21.0 Å². The average molecular weight is 674 g/mol. The molecule has 4 aromatic carbocycles. The zero-order chi connectivity index (χ0) is 30.8. The minimum atomic E-state index is -0.454. The first kappa shape index (κ1) is 29.1. The van der Waals surface area contributed by atoms with Crippen LogP contribution in [0.15, 0.2) is 104 Å². The van der Waals surface area contributed by atoms with Crippen molar-refractivity contribution in [2.24, 2.45) is 5.10 Å². The highest BCUT2D eigenvalue weighted by Crippen LogP contribution is 2.37. The van der Waals surface area contributed by atoms with E-state index in [1.807, 2.05) is 6.92 Å². The molecule has 0 radical (unpaired) electrons. The van der Waals surface area contributed by atoms with Gasteiger partial charge < -0.3 is 13.9 Å². The first-order valence-electron chi connectivity index (χ1n) is 13.4. The first-order valence-corrected chi connectivity index (χ1v) is 14.6. The van der Waals surface area contributed by atoms with Gasteiger partial charge in [-0.3, -0.25) is 14.9 Å². The molecule has 0 saturated carbocycles. The number of nitro benzene ring substituents is 1. The lowest BCUT2D eigenvalue weighted by Gasteiger charge is -2.15. The number of hydrogen-bond acceptors (Lipinski definition) is 8. The Labute approximate surface area is 263 Å². The van der Waals surface area contributed by atoms with Crippen molar-refractivity contribution < 1.29 is 18.8 Å². The van der Waals surface area contributed by atoms with Gasteiger partial charge in [0.15, 0.2) is 17.3 Å². The number of hydrogen-bond donors (Lipinski definition) is 0. The molecule has 0 bridgehead atoms. The van der Waals surface area contributed by atoms with Gasteiger partial charge in [-0.05, 0) is 82.5 Å². The molecule has 10 nitrogen and oxygen atoms in total. The molecule has 0 saturated heterocycles. The third kappa shape index (κ3) is 5.92. The van der Waals surface area contributed by atoms with Crippen molar-refractivity contribution in [2.45, 2.75) is 13.5 Å². The molecule has 44 heavy (non-hydrogen) atoms. The minimum Gasteiger partial charge on any atom is -0.490 e. The van der Waals surface area contributed by atoms with E-state index in [1.54, 1.807) is 72.8 Å². The van der Waals surface area contributed by atoms with Crippen LogP contribution >= 0.6 is 27.5 Å². The summed E-state index contributed by atoms with van der Waals surface area (Å²) >= 11 is 9.72. The molecule has 6 rings (SSSR count). The van der Waals surface area contributed by atoms with E-state index in [9.17, 15) is 14.9 Å². The Hall–Kier alpha value is -5.00. The third-order valence-electron chi connectivity index (χ3n) is 6.61. The first-order chi connectivity index (χ1) is 21.3. The Morgan fingerprint density at radius 2 is 1.91 bits per heavy atom. The van der Waals surface area contributed by atoms with Gasteiger partial charge in [0.05, 0.1) is 33.1 Å². The van der Waals surface area contributed by atoms with Crippen LogP contribution in [0, 0.1) is 10.1 Å². The molecule has 0 N–H and O–H groups in total. The van der Waals surface area contributed by atoms with Crippen LogP contribution in [0.5, 0.6) is 11.5 Å². The monoisotopic (exact) mass is 672 g/mol. The molecule has 12 heteroatoms. The Bertz CT molecular complexity index is 2140. The molecule has 0 amide bonds. The molecule has 6 aromatic rings. The molecule has 0 atom stereocenters. The average Bonchev–Trinajstić information content (AvgIpc) is 3.43. The third-order valence-corrected chi connectivity index (χ3v) is 7.44. The molecule has 0 fully saturated rings. The number of non-ortho nitro benzene ring substituents is 1. The van der Waals surface area contributed by atoms with E-state index in [0.29, 0.717) is 61.0 Å². The van der Waals surface area contributed by atoms with E-state index in [4.69, 9.17) is 30.5 Å². The summed E-state index contributed by atoms with van der Waals surface area (Å²) in [5.41, 5.74) is 1.93. The molecular formula is C32H22BrClN4O6. The number of furan rings is 1. The van der Waals surface area contributed by atoms with Gasteiger partial charge in [0, 0.05) is 22.5 Å². The normalized spacial score (nSPS) is 11.4. The highest BCUT2D eigenvalue weighted by molar-refractivity contribution is 9.10. The minimum absolute atomic E-state index is 0.0222. The number of fused-ring (bicyclic) bond motifs is 2. The van der Waals surface area contributed by atoms with E-state index in [1.165, 1.54) is 23.0 Å². The maximum absolute atomic E-state index is 13.6. The summed E-state index contributed by atoms with van der Waals surface area (Å²) in [5, 5.41) is 17.4. The smallest absolute Gasteiger partial charge is 0.282 e. The second-order valence-corrected chi connectivity index (χ2v) is 10.9. The van der Waals surface area contributed by atoms with Crippen molar-refractivity contribution in [3.63, 3.8) is 0 Å². The van der Waals surface area contributed by atoms with Crippen molar-refractivity contribution in [2.75, 3.05) is 6.61 Å². The van der Waals surface area contributed by atoms with Gasteiger partial charge in [0.2, 0.25) is 5.82 Å². The number of rotatable bonds is 9. The molecule has 0 aliphatic rings. The second kappa shape index (κ2) is 12.3. The molecule has 0 unspecified atom stereocenters. The number of nitrogens with zero attached hydrogens (tertiary/aromatic N) is 4. The summed E-state index contributed by atoms with van der Waals surface area (Å²) in [6, 6.07) is 23.7. The number of nitro groups is 1. The van der Waals surface area contributed by atoms with E-state index < -0.39 is 4.92 Å². The topological polar surface area (TPSA) is 122 Å². The lowest BCUT2D eigenvalue weighted by molar-refractivity contribution is -0.384. The van der Waals surface area contributed by atoms with Crippen LogP contribution in [-0.2, 0) is 6.61 Å². The van der Waals surface area contributed by atoms with Gasteiger partial charge in [-0.2, -0.15) is 9.78 Å². The van der Waals surface area contributed by atoms with E-state index in [-0.39, 0.29) is 23.7 Å². The SMILES string of the molecule is CCOc1cc(C=Nn2c(-c3cc4cc(Cl)ccc4o3)nc3ccccc3c2=O)cc(Br)c1OCc1cccc([N+](=O)[O-])c1. The zero-order valence-corrected chi connectivity index (χ0v) is 25.4. The van der Waals surface area contributed by atoms with Crippen LogP contribution < -0.4 is 15.0 Å². The van der Waals surface area contributed by atoms with E-state index >= 15 is 0 Å². The van der Waals surface area contributed by atoms with Gasteiger partial charge in [0.25, 0.3) is 11.2 Å². The van der Waals surface area contributed by atoms with Gasteiger partial charge >= 0.3 is 0 Å². The van der Waals surface area contributed by atoms with Crippen LogP contribution in [-0.4, -0.2) is 27.4 Å². The Morgan fingerprint density at radius 1 is 1.07 bits per heavy atom. The van der Waals surface area contributed by atoms with Gasteiger partial charge in [-0.15, -0.1) is 0 Å². The molecule has 0 aliphatic carbocycles. The number of para-hydroxylation sites is 1. The van der Waals surface area contributed by atoms with Gasteiger partial charge in [-0.1, -0.05) is 35.9 Å². The maximum Gasteiger partial charge on any atom is 0.282 e. The fraction of sp³-hybridized carbons (Fsp3) is 0.0938. The largest absolute Gasteiger partial charge is 0.490 e. The van der Waals surface area contributed by atoms with Crippen LogP contribution in [0.2, 0.25) is 5.02 Å². The summed E-state index contributed by atoms with van der Waals surface area (Å²) in [6.07, 6.45) is 1.51. The summed E-state index contributed by atoms with van der Waals surface area (Å²) in [6.45, 7) is 2.28. The Morgan fingerprint density at radius 3 is 2.73 bits per heavy atom. The van der Waals surface area contributed by atoms with Crippen molar-refractivity contribution in [1.29, 1.82) is 0 Å². The lowest BCUT2D eigenvalue weighted by Crippen LogP contribution is -2.20. The number of benzene rings is 4. The molecule has 0 aliphatic heterocycles.